The molecule has 2 N–H and O–H groups in total. The van der Waals surface area contributed by atoms with Crippen molar-refractivity contribution in [1.29, 1.82) is 0 Å². The van der Waals surface area contributed by atoms with Gasteiger partial charge in [0.1, 0.15) is 11.5 Å². The van der Waals surface area contributed by atoms with Crippen molar-refractivity contribution in [2.75, 3.05) is 0 Å². The third-order valence-corrected chi connectivity index (χ3v) is 3.98. The smallest absolute Gasteiger partial charge is 0.141 e. The lowest BCUT2D eigenvalue weighted by atomic mass is 10.1. The van der Waals surface area contributed by atoms with Crippen LogP contribution >= 0.6 is 31.9 Å². The molecule has 0 aliphatic heterocycles. The second-order valence-electron chi connectivity index (χ2n) is 4.26. The van der Waals surface area contributed by atoms with Crippen LogP contribution in [0.1, 0.15) is 24.9 Å². The van der Waals surface area contributed by atoms with E-state index in [4.69, 9.17) is 10.5 Å². The number of ether oxygens (including phenoxy) is 1. The number of halogens is 2. The first-order chi connectivity index (χ1) is 9.10. The van der Waals surface area contributed by atoms with E-state index < -0.39 is 0 Å². The third kappa shape index (κ3) is 3.81. The Morgan fingerprint density at radius 1 is 1.11 bits per heavy atom. The van der Waals surface area contributed by atoms with Crippen LogP contribution in [0.25, 0.3) is 0 Å². The molecule has 19 heavy (non-hydrogen) atoms. The minimum atomic E-state index is 0.0912. The molecule has 0 aromatic heterocycles. The first kappa shape index (κ1) is 14.6. The third-order valence-electron chi connectivity index (χ3n) is 2.87. The van der Waals surface area contributed by atoms with E-state index in [0.29, 0.717) is 0 Å². The zero-order valence-corrected chi connectivity index (χ0v) is 13.7. The number of benzene rings is 2. The Kier molecular flexibility index (Phi) is 5.02. The lowest BCUT2D eigenvalue weighted by Gasteiger charge is -2.11. The molecule has 0 spiro atoms. The molecule has 0 saturated carbocycles. The van der Waals surface area contributed by atoms with Gasteiger partial charge in [0.15, 0.2) is 0 Å². The summed E-state index contributed by atoms with van der Waals surface area (Å²) in [5, 5.41) is 0. The molecule has 0 heterocycles. The molecule has 0 amide bonds. The highest BCUT2D eigenvalue weighted by atomic mass is 79.9. The second-order valence-corrected chi connectivity index (χ2v) is 6.03. The average Bonchev–Trinajstić information content (AvgIpc) is 2.42. The van der Waals surface area contributed by atoms with E-state index >= 15 is 0 Å². The van der Waals surface area contributed by atoms with Crippen LogP contribution in [0.2, 0.25) is 0 Å². The predicted molar refractivity (Wildman–Crippen MR) is 85.6 cm³/mol. The van der Waals surface area contributed by atoms with Crippen molar-refractivity contribution in [3.8, 4) is 11.5 Å². The van der Waals surface area contributed by atoms with Crippen LogP contribution in [0.5, 0.6) is 11.5 Å². The molecule has 0 aliphatic rings. The summed E-state index contributed by atoms with van der Waals surface area (Å²) in [6.07, 6.45) is 0.929. The average molecular weight is 385 g/mol. The van der Waals surface area contributed by atoms with Crippen molar-refractivity contribution in [2.24, 2.45) is 5.73 Å². The number of nitrogens with two attached hydrogens (primary N) is 1. The minimum Gasteiger partial charge on any atom is -0.456 e. The molecule has 0 unspecified atom stereocenters. The molecule has 0 aliphatic carbocycles. The number of hydrogen-bond donors (Lipinski definition) is 1. The van der Waals surface area contributed by atoms with Crippen molar-refractivity contribution in [1.82, 2.24) is 0 Å². The van der Waals surface area contributed by atoms with E-state index in [1.807, 2.05) is 42.5 Å². The topological polar surface area (TPSA) is 35.2 Å². The van der Waals surface area contributed by atoms with Gasteiger partial charge in [0.05, 0.1) is 4.47 Å². The Hall–Kier alpha value is -0.840. The maximum Gasteiger partial charge on any atom is 0.141 e. The Morgan fingerprint density at radius 2 is 1.79 bits per heavy atom. The molecule has 100 valence electrons. The van der Waals surface area contributed by atoms with Crippen LogP contribution in [-0.4, -0.2) is 0 Å². The Labute approximate surface area is 130 Å². The fourth-order valence-corrected chi connectivity index (χ4v) is 2.83. The van der Waals surface area contributed by atoms with E-state index in [9.17, 15) is 0 Å². The highest BCUT2D eigenvalue weighted by molar-refractivity contribution is 9.11. The van der Waals surface area contributed by atoms with Gasteiger partial charge in [0.25, 0.3) is 0 Å². The van der Waals surface area contributed by atoms with Crippen LogP contribution in [-0.2, 0) is 0 Å². The molecular weight excluding hydrogens is 370 g/mol. The molecule has 2 aromatic carbocycles. The molecule has 1 atom stereocenters. The summed E-state index contributed by atoms with van der Waals surface area (Å²) in [6, 6.07) is 13.8. The molecular formula is C15H15Br2NO. The lowest BCUT2D eigenvalue weighted by molar-refractivity contribution is 0.479. The highest BCUT2D eigenvalue weighted by Gasteiger charge is 2.06. The summed E-state index contributed by atoms with van der Waals surface area (Å²) in [5.41, 5.74) is 7.11. The Morgan fingerprint density at radius 3 is 2.37 bits per heavy atom. The fourth-order valence-electron chi connectivity index (χ4n) is 1.70. The predicted octanol–water partition coefficient (Wildman–Crippen LogP) is 5.41. The normalized spacial score (nSPS) is 12.2. The molecule has 2 rings (SSSR count). The highest BCUT2D eigenvalue weighted by Crippen LogP contribution is 2.32. The molecule has 0 saturated heterocycles. The maximum atomic E-state index is 5.98. The summed E-state index contributed by atoms with van der Waals surface area (Å²) in [6.45, 7) is 2.08. The van der Waals surface area contributed by atoms with Gasteiger partial charge in [0.2, 0.25) is 0 Å². The van der Waals surface area contributed by atoms with Crippen molar-refractivity contribution in [3.05, 3.63) is 57.0 Å². The largest absolute Gasteiger partial charge is 0.456 e. The van der Waals surface area contributed by atoms with Gasteiger partial charge in [0, 0.05) is 10.5 Å². The quantitative estimate of drug-likeness (QED) is 0.764. The van der Waals surface area contributed by atoms with Crippen molar-refractivity contribution >= 4 is 31.9 Å². The Bertz CT molecular complexity index is 555. The van der Waals surface area contributed by atoms with Crippen molar-refractivity contribution < 1.29 is 4.74 Å². The van der Waals surface area contributed by atoms with Gasteiger partial charge < -0.3 is 10.5 Å². The van der Waals surface area contributed by atoms with Gasteiger partial charge in [-0.15, -0.1) is 0 Å². The summed E-state index contributed by atoms with van der Waals surface area (Å²) in [5.74, 6) is 1.59. The van der Waals surface area contributed by atoms with Crippen LogP contribution in [0.4, 0.5) is 0 Å². The number of hydrogen-bond acceptors (Lipinski definition) is 2. The van der Waals surface area contributed by atoms with Gasteiger partial charge in [-0.1, -0.05) is 35.0 Å². The van der Waals surface area contributed by atoms with E-state index in [-0.39, 0.29) is 6.04 Å². The van der Waals surface area contributed by atoms with E-state index in [0.717, 1.165) is 32.4 Å². The molecule has 2 aromatic rings. The first-order valence-electron chi connectivity index (χ1n) is 6.08. The van der Waals surface area contributed by atoms with Crippen LogP contribution < -0.4 is 10.5 Å². The lowest BCUT2D eigenvalue weighted by Crippen LogP contribution is -2.07. The van der Waals surface area contributed by atoms with Gasteiger partial charge in [-0.2, -0.15) is 0 Å². The zero-order valence-electron chi connectivity index (χ0n) is 10.6. The molecule has 0 radical (unpaired) electrons. The zero-order chi connectivity index (χ0) is 13.8. The van der Waals surface area contributed by atoms with Gasteiger partial charge >= 0.3 is 0 Å². The van der Waals surface area contributed by atoms with Gasteiger partial charge in [-0.05, 0) is 58.2 Å². The molecule has 4 heteroatoms. The second kappa shape index (κ2) is 6.55. The minimum absolute atomic E-state index is 0.0912. The van der Waals surface area contributed by atoms with E-state index in [1.54, 1.807) is 0 Å². The van der Waals surface area contributed by atoms with Crippen molar-refractivity contribution in [2.45, 2.75) is 19.4 Å². The summed E-state index contributed by atoms with van der Waals surface area (Å²) < 4.78 is 7.75. The van der Waals surface area contributed by atoms with Crippen LogP contribution in [0.15, 0.2) is 51.4 Å². The standard InChI is InChI=1S/C15H15Br2NO/c1-2-14(18)10-3-6-12(7-4-10)19-15-8-5-11(16)9-13(15)17/h3-9,14H,2,18H2,1H3/t14-/m1/s1. The Balaban J connectivity index is 2.15. The molecule has 0 bridgehead atoms. The fraction of sp³-hybridized carbons (Fsp3) is 0.200. The van der Waals surface area contributed by atoms with Crippen molar-refractivity contribution in [3.63, 3.8) is 0 Å². The van der Waals surface area contributed by atoms with E-state index in [1.165, 1.54) is 0 Å². The summed E-state index contributed by atoms with van der Waals surface area (Å²) >= 11 is 6.89. The van der Waals surface area contributed by atoms with Gasteiger partial charge in [-0.25, -0.2) is 0 Å². The van der Waals surface area contributed by atoms with Gasteiger partial charge in [-0.3, -0.25) is 0 Å². The van der Waals surface area contributed by atoms with E-state index in [2.05, 4.69) is 38.8 Å². The monoisotopic (exact) mass is 383 g/mol. The summed E-state index contributed by atoms with van der Waals surface area (Å²) in [4.78, 5) is 0. The first-order valence-corrected chi connectivity index (χ1v) is 7.67. The maximum absolute atomic E-state index is 5.98. The molecule has 2 nitrogen and oxygen atoms in total. The SMILES string of the molecule is CC[C@@H](N)c1ccc(Oc2ccc(Br)cc2Br)cc1. The summed E-state index contributed by atoms with van der Waals surface area (Å²) in [7, 11) is 0. The number of rotatable bonds is 4. The van der Waals surface area contributed by atoms with Crippen LogP contribution in [0.3, 0.4) is 0 Å². The molecule has 0 fully saturated rings. The van der Waals surface area contributed by atoms with Crippen LogP contribution in [0, 0.1) is 0 Å².